The van der Waals surface area contributed by atoms with Crippen molar-refractivity contribution in [1.29, 1.82) is 0 Å². The Morgan fingerprint density at radius 2 is 2.28 bits per heavy atom. The summed E-state index contributed by atoms with van der Waals surface area (Å²) in [6.07, 6.45) is 0.482. The molecule has 0 bridgehead atoms. The lowest BCUT2D eigenvalue weighted by molar-refractivity contribution is -0.142. The standard InChI is InChI=1S/C13H12N2O2S/c1-7-12-10(6-11(16)17-12)18-13-14-8-4-2-3-5-9(8)15(7)13/h2-5,7,10,12H,6H2,1H3. The van der Waals surface area contributed by atoms with Crippen LogP contribution in [0.5, 0.6) is 0 Å². The predicted molar refractivity (Wildman–Crippen MR) is 68.6 cm³/mol. The van der Waals surface area contributed by atoms with Crippen molar-refractivity contribution < 1.29 is 9.53 Å². The number of nitrogens with zero attached hydrogens (tertiary/aromatic N) is 2. The van der Waals surface area contributed by atoms with Crippen molar-refractivity contribution in [3.8, 4) is 0 Å². The minimum absolute atomic E-state index is 0.0207. The quantitative estimate of drug-likeness (QED) is 0.682. The highest BCUT2D eigenvalue weighted by atomic mass is 32.2. The zero-order valence-corrected chi connectivity index (χ0v) is 10.7. The van der Waals surface area contributed by atoms with Gasteiger partial charge in [0.15, 0.2) is 5.16 Å². The van der Waals surface area contributed by atoms with Gasteiger partial charge in [0.25, 0.3) is 0 Å². The number of thioether (sulfide) groups is 1. The van der Waals surface area contributed by atoms with E-state index in [1.165, 1.54) is 0 Å². The number of benzene rings is 1. The van der Waals surface area contributed by atoms with Gasteiger partial charge >= 0.3 is 5.97 Å². The Hall–Kier alpha value is -1.49. The molecule has 3 heterocycles. The summed E-state index contributed by atoms with van der Waals surface area (Å²) in [5.74, 6) is -0.0839. The van der Waals surface area contributed by atoms with E-state index in [9.17, 15) is 4.79 Å². The molecule has 0 spiro atoms. The van der Waals surface area contributed by atoms with Crippen LogP contribution in [0.25, 0.3) is 11.0 Å². The summed E-state index contributed by atoms with van der Waals surface area (Å²) in [5.41, 5.74) is 2.13. The Labute approximate surface area is 108 Å². The molecule has 0 saturated carbocycles. The van der Waals surface area contributed by atoms with Crippen LogP contribution in [0.2, 0.25) is 0 Å². The Balaban J connectivity index is 1.90. The van der Waals surface area contributed by atoms with E-state index in [1.807, 2.05) is 18.2 Å². The molecule has 3 unspecified atom stereocenters. The van der Waals surface area contributed by atoms with E-state index in [-0.39, 0.29) is 23.4 Å². The zero-order chi connectivity index (χ0) is 12.3. The highest BCUT2D eigenvalue weighted by Crippen LogP contribution is 2.44. The highest BCUT2D eigenvalue weighted by molar-refractivity contribution is 7.99. The number of carbonyl (C=O) groups is 1. The molecule has 1 fully saturated rings. The second kappa shape index (κ2) is 3.51. The van der Waals surface area contributed by atoms with Gasteiger partial charge < -0.3 is 9.30 Å². The van der Waals surface area contributed by atoms with Crippen LogP contribution in [-0.2, 0) is 9.53 Å². The molecule has 2 aliphatic heterocycles. The number of para-hydroxylation sites is 2. The average molecular weight is 260 g/mol. The van der Waals surface area contributed by atoms with E-state index in [1.54, 1.807) is 11.8 Å². The molecule has 92 valence electrons. The Morgan fingerprint density at radius 3 is 3.17 bits per heavy atom. The Kier molecular flexibility index (Phi) is 2.03. The number of hydrogen-bond donors (Lipinski definition) is 0. The minimum Gasteiger partial charge on any atom is -0.459 e. The van der Waals surface area contributed by atoms with E-state index in [0.29, 0.717) is 6.42 Å². The van der Waals surface area contributed by atoms with Crippen LogP contribution in [0.15, 0.2) is 29.4 Å². The van der Waals surface area contributed by atoms with Crippen LogP contribution in [0, 0.1) is 0 Å². The van der Waals surface area contributed by atoms with Gasteiger partial charge in [-0.1, -0.05) is 23.9 Å². The normalized spacial score (nSPS) is 30.1. The lowest BCUT2D eigenvalue weighted by Crippen LogP contribution is -2.33. The molecule has 0 amide bonds. The number of ether oxygens (including phenoxy) is 1. The molecule has 1 saturated heterocycles. The lowest BCUT2D eigenvalue weighted by atomic mass is 10.1. The number of rotatable bonds is 0. The van der Waals surface area contributed by atoms with E-state index < -0.39 is 0 Å². The third kappa shape index (κ3) is 1.28. The molecule has 18 heavy (non-hydrogen) atoms. The van der Waals surface area contributed by atoms with Crippen molar-refractivity contribution in [2.45, 2.75) is 35.9 Å². The first-order chi connectivity index (χ1) is 8.74. The summed E-state index contributed by atoms with van der Waals surface area (Å²) in [6.45, 7) is 2.10. The van der Waals surface area contributed by atoms with Gasteiger partial charge in [-0.25, -0.2) is 4.98 Å². The maximum atomic E-state index is 11.4. The Morgan fingerprint density at radius 1 is 1.44 bits per heavy atom. The molecule has 3 atom stereocenters. The summed E-state index contributed by atoms with van der Waals surface area (Å²) >= 11 is 1.67. The van der Waals surface area contributed by atoms with Gasteiger partial charge in [-0.15, -0.1) is 0 Å². The van der Waals surface area contributed by atoms with Crippen LogP contribution < -0.4 is 0 Å². The second-order valence-electron chi connectivity index (χ2n) is 4.81. The fourth-order valence-corrected chi connectivity index (χ4v) is 4.29. The Bertz CT molecular complexity index is 651. The summed E-state index contributed by atoms with van der Waals surface area (Å²) < 4.78 is 7.64. The van der Waals surface area contributed by atoms with Crippen LogP contribution in [0.4, 0.5) is 0 Å². The van der Waals surface area contributed by atoms with Crippen molar-refractivity contribution in [2.24, 2.45) is 0 Å². The number of aromatic nitrogens is 2. The van der Waals surface area contributed by atoms with E-state index in [0.717, 1.165) is 16.2 Å². The largest absolute Gasteiger partial charge is 0.459 e. The number of esters is 1. The van der Waals surface area contributed by atoms with Crippen molar-refractivity contribution in [3.05, 3.63) is 24.3 Å². The predicted octanol–water partition coefficient (Wildman–Crippen LogP) is 2.39. The van der Waals surface area contributed by atoms with Crippen LogP contribution >= 0.6 is 11.8 Å². The average Bonchev–Trinajstić information content (AvgIpc) is 2.89. The topological polar surface area (TPSA) is 44.1 Å². The fraction of sp³-hybridized carbons (Fsp3) is 0.385. The van der Waals surface area contributed by atoms with Crippen LogP contribution in [0.3, 0.4) is 0 Å². The number of carbonyl (C=O) groups excluding carboxylic acids is 1. The molecule has 0 radical (unpaired) electrons. The zero-order valence-electron chi connectivity index (χ0n) is 9.87. The first kappa shape index (κ1) is 10.4. The van der Waals surface area contributed by atoms with Gasteiger partial charge in [-0.05, 0) is 19.1 Å². The van der Waals surface area contributed by atoms with Gasteiger partial charge in [0, 0.05) is 0 Å². The number of fused-ring (bicyclic) bond motifs is 4. The molecule has 5 heteroatoms. The van der Waals surface area contributed by atoms with Crippen molar-refractivity contribution in [2.75, 3.05) is 0 Å². The highest BCUT2D eigenvalue weighted by Gasteiger charge is 2.44. The monoisotopic (exact) mass is 260 g/mol. The van der Waals surface area contributed by atoms with E-state index in [4.69, 9.17) is 4.74 Å². The smallest absolute Gasteiger partial charge is 0.307 e. The van der Waals surface area contributed by atoms with Gasteiger partial charge in [0.2, 0.25) is 0 Å². The van der Waals surface area contributed by atoms with Crippen LogP contribution in [0.1, 0.15) is 19.4 Å². The first-order valence-corrected chi connectivity index (χ1v) is 6.95. The molecule has 4 nitrogen and oxygen atoms in total. The van der Waals surface area contributed by atoms with Gasteiger partial charge in [-0.2, -0.15) is 0 Å². The third-order valence-corrected chi connectivity index (χ3v) is 4.94. The third-order valence-electron chi connectivity index (χ3n) is 3.70. The molecule has 1 aromatic carbocycles. The molecule has 2 aliphatic rings. The molecule has 0 N–H and O–H groups in total. The summed E-state index contributed by atoms with van der Waals surface area (Å²) in [4.78, 5) is 16.1. The fourth-order valence-electron chi connectivity index (χ4n) is 2.86. The summed E-state index contributed by atoms with van der Waals surface area (Å²) in [7, 11) is 0. The first-order valence-electron chi connectivity index (χ1n) is 6.07. The SMILES string of the molecule is CC1C2OC(=O)CC2Sc2nc3ccccc3n21. The molecule has 1 aromatic heterocycles. The van der Waals surface area contributed by atoms with Crippen LogP contribution in [-0.4, -0.2) is 26.9 Å². The van der Waals surface area contributed by atoms with E-state index in [2.05, 4.69) is 22.5 Å². The maximum absolute atomic E-state index is 11.4. The second-order valence-corrected chi connectivity index (χ2v) is 6.01. The van der Waals surface area contributed by atoms with E-state index >= 15 is 0 Å². The summed E-state index contributed by atoms with van der Waals surface area (Å²) in [5, 5.41) is 1.22. The van der Waals surface area contributed by atoms with Crippen molar-refractivity contribution >= 4 is 28.8 Å². The minimum atomic E-state index is -0.0839. The molecular formula is C13H12N2O2S. The van der Waals surface area contributed by atoms with Crippen molar-refractivity contribution in [3.63, 3.8) is 0 Å². The maximum Gasteiger partial charge on any atom is 0.307 e. The molecular weight excluding hydrogens is 248 g/mol. The molecule has 4 rings (SSSR count). The number of hydrogen-bond acceptors (Lipinski definition) is 4. The number of imidazole rings is 1. The van der Waals surface area contributed by atoms with Crippen molar-refractivity contribution in [1.82, 2.24) is 9.55 Å². The van der Waals surface area contributed by atoms with Gasteiger partial charge in [0.05, 0.1) is 28.7 Å². The van der Waals surface area contributed by atoms with Gasteiger partial charge in [0.1, 0.15) is 6.10 Å². The molecule has 0 aliphatic carbocycles. The summed E-state index contributed by atoms with van der Waals surface area (Å²) in [6, 6.07) is 8.26. The molecule has 2 aromatic rings. The lowest BCUT2D eigenvalue weighted by Gasteiger charge is -2.30. The van der Waals surface area contributed by atoms with Gasteiger partial charge in [-0.3, -0.25) is 4.79 Å².